The minimum atomic E-state index is 0.189. The number of allylic oxidation sites excluding steroid dienone is 2. The summed E-state index contributed by atoms with van der Waals surface area (Å²) in [6, 6.07) is 2.24. The van der Waals surface area contributed by atoms with Crippen LogP contribution in [0.3, 0.4) is 0 Å². The van der Waals surface area contributed by atoms with Crippen LogP contribution in [0.25, 0.3) is 11.2 Å². The Bertz CT molecular complexity index is 992. The molecule has 0 radical (unpaired) electrons. The van der Waals surface area contributed by atoms with Crippen LogP contribution in [0, 0.1) is 0 Å². The van der Waals surface area contributed by atoms with E-state index in [1.807, 2.05) is 48.2 Å². The largest absolute Gasteiger partial charge is 0.355 e. The van der Waals surface area contributed by atoms with Crippen molar-refractivity contribution in [3.8, 4) is 0 Å². The topological polar surface area (TPSA) is 86.7 Å². The Labute approximate surface area is 175 Å². The molecule has 29 heavy (non-hydrogen) atoms. The first-order chi connectivity index (χ1) is 13.9. The summed E-state index contributed by atoms with van der Waals surface area (Å²) in [6.45, 7) is 8.51. The fourth-order valence-electron chi connectivity index (χ4n) is 3.62. The van der Waals surface area contributed by atoms with E-state index in [4.69, 9.17) is 10.7 Å². The first-order valence-corrected chi connectivity index (χ1v) is 10.9. The van der Waals surface area contributed by atoms with Crippen LogP contribution in [-0.4, -0.2) is 58.6 Å². The van der Waals surface area contributed by atoms with Crippen LogP contribution in [0.4, 0.5) is 11.6 Å². The number of anilines is 2. The zero-order chi connectivity index (χ0) is 20.5. The maximum atomic E-state index is 6.15. The lowest BCUT2D eigenvalue weighted by Crippen LogP contribution is -2.27. The average Bonchev–Trinajstić information content (AvgIpc) is 3.40. The monoisotopic (exact) mass is 412 g/mol. The van der Waals surface area contributed by atoms with Gasteiger partial charge >= 0.3 is 0 Å². The average molecular weight is 413 g/mol. The molecular weight excluding hydrogens is 384 g/mol. The molecule has 0 amide bonds. The van der Waals surface area contributed by atoms with Crippen molar-refractivity contribution in [3.63, 3.8) is 0 Å². The van der Waals surface area contributed by atoms with Crippen molar-refractivity contribution < 1.29 is 0 Å². The van der Waals surface area contributed by atoms with Crippen LogP contribution in [0.15, 0.2) is 41.7 Å². The van der Waals surface area contributed by atoms with E-state index in [0.717, 1.165) is 59.5 Å². The molecule has 9 heteroatoms. The fraction of sp³-hybridized carbons (Fsp3) is 0.400. The zero-order valence-corrected chi connectivity index (χ0v) is 18.0. The summed E-state index contributed by atoms with van der Waals surface area (Å²) >= 11 is 1.64. The van der Waals surface area contributed by atoms with Crippen molar-refractivity contribution >= 4 is 34.6 Å². The van der Waals surface area contributed by atoms with Crippen LogP contribution >= 0.6 is 11.8 Å². The molecule has 2 aromatic rings. The van der Waals surface area contributed by atoms with Crippen LogP contribution < -0.4 is 21.4 Å². The predicted molar refractivity (Wildman–Crippen MR) is 122 cm³/mol. The summed E-state index contributed by atoms with van der Waals surface area (Å²) in [5, 5.41) is 11.2. The van der Waals surface area contributed by atoms with Gasteiger partial charge in [-0.25, -0.2) is 9.99 Å². The minimum absolute atomic E-state index is 0.189. The van der Waals surface area contributed by atoms with Crippen LogP contribution in [-0.2, 0) is 0 Å². The van der Waals surface area contributed by atoms with Gasteiger partial charge in [0.25, 0.3) is 0 Å². The molecule has 1 saturated heterocycles. The van der Waals surface area contributed by atoms with E-state index in [2.05, 4.69) is 33.4 Å². The highest BCUT2D eigenvalue weighted by Crippen LogP contribution is 2.29. The highest BCUT2D eigenvalue weighted by atomic mass is 32.2. The number of rotatable bonds is 6. The second-order valence-electron chi connectivity index (χ2n) is 7.63. The normalized spacial score (nSPS) is 20.3. The lowest BCUT2D eigenvalue weighted by molar-refractivity contribution is 0.334. The van der Waals surface area contributed by atoms with Gasteiger partial charge in [0.1, 0.15) is 11.6 Å². The molecule has 0 bridgehead atoms. The Kier molecular flexibility index (Phi) is 5.53. The molecule has 0 spiro atoms. The summed E-state index contributed by atoms with van der Waals surface area (Å²) < 4.78 is 1.87. The molecule has 2 aliphatic rings. The lowest BCUT2D eigenvalue weighted by Gasteiger charge is -2.19. The Morgan fingerprint density at radius 3 is 2.93 bits per heavy atom. The van der Waals surface area contributed by atoms with Crippen LogP contribution in [0.1, 0.15) is 18.9 Å². The van der Waals surface area contributed by atoms with Crippen molar-refractivity contribution in [1.29, 1.82) is 0 Å². The molecule has 0 aromatic carbocycles. The number of nitrogens with one attached hydrogen (secondary N) is 2. The van der Waals surface area contributed by atoms with Gasteiger partial charge in [0.15, 0.2) is 5.65 Å². The second-order valence-corrected chi connectivity index (χ2v) is 8.47. The Balaban J connectivity index is 1.80. The van der Waals surface area contributed by atoms with Gasteiger partial charge in [0, 0.05) is 50.6 Å². The number of fused-ring (bicyclic) bond motifs is 1. The summed E-state index contributed by atoms with van der Waals surface area (Å²) in [6.07, 6.45) is 8.96. The number of nitrogens with two attached hydrogens (primary N) is 1. The first-order valence-electron chi connectivity index (χ1n) is 9.69. The number of hydrogen-bond acceptors (Lipinski definition) is 8. The maximum absolute atomic E-state index is 6.15. The van der Waals surface area contributed by atoms with Crippen molar-refractivity contribution in [2.45, 2.75) is 19.4 Å². The first kappa shape index (κ1) is 19.8. The Morgan fingerprint density at radius 1 is 1.48 bits per heavy atom. The van der Waals surface area contributed by atoms with Crippen molar-refractivity contribution in [1.82, 2.24) is 25.0 Å². The van der Waals surface area contributed by atoms with Gasteiger partial charge in [-0.2, -0.15) is 9.61 Å². The number of aromatic nitrogens is 3. The standard InChI is InChI=1S/C20H28N8S/c1-13(2)7-19(29-4)24-18-8-17(27-6-5-15(21)12-27)25-20-16(10-23-28(18)20)14-9-22-26(3)11-14/h7-10,15,22,24H,1,5-6,11-12,21H2,2-4H3/b19-7-/t15-/m1/s1. The summed E-state index contributed by atoms with van der Waals surface area (Å²) in [5.74, 6) is 1.80. The van der Waals surface area contributed by atoms with Gasteiger partial charge in [0.2, 0.25) is 0 Å². The van der Waals surface area contributed by atoms with E-state index in [1.165, 1.54) is 5.57 Å². The quantitative estimate of drug-likeness (QED) is 0.623. The molecule has 1 atom stereocenters. The maximum Gasteiger partial charge on any atom is 0.167 e. The number of likely N-dealkylation sites (N-methyl/N-ethyl adjacent to an activating group) is 1. The van der Waals surface area contributed by atoms with Crippen LogP contribution in [0.2, 0.25) is 0 Å². The van der Waals surface area contributed by atoms with E-state index in [-0.39, 0.29) is 6.04 Å². The minimum Gasteiger partial charge on any atom is -0.355 e. The van der Waals surface area contributed by atoms with Gasteiger partial charge < -0.3 is 21.4 Å². The molecule has 0 saturated carbocycles. The smallest absolute Gasteiger partial charge is 0.167 e. The van der Waals surface area contributed by atoms with Crippen molar-refractivity contribution in [3.05, 3.63) is 47.3 Å². The number of thioether (sulfide) groups is 1. The molecule has 0 aliphatic carbocycles. The highest BCUT2D eigenvalue weighted by Gasteiger charge is 2.24. The third-order valence-electron chi connectivity index (χ3n) is 5.07. The summed E-state index contributed by atoms with van der Waals surface area (Å²) in [5.41, 5.74) is 13.4. The van der Waals surface area contributed by atoms with E-state index in [0.29, 0.717) is 0 Å². The van der Waals surface area contributed by atoms with Gasteiger partial charge in [-0.15, -0.1) is 11.8 Å². The molecule has 4 rings (SSSR count). The molecule has 4 heterocycles. The number of hydrogen-bond donors (Lipinski definition) is 3. The Morgan fingerprint density at radius 2 is 2.31 bits per heavy atom. The SMILES string of the molecule is C=C(C)/C=C(/Nc1cc(N2CC[C@@H](N)C2)nc2c(C3=CNN(C)C3)cnn12)SC. The predicted octanol–water partition coefficient (Wildman–Crippen LogP) is 2.25. The molecule has 2 aromatic heterocycles. The van der Waals surface area contributed by atoms with Crippen molar-refractivity contribution in [2.24, 2.45) is 5.73 Å². The van der Waals surface area contributed by atoms with E-state index in [1.54, 1.807) is 11.8 Å². The number of nitrogens with zero attached hydrogens (tertiary/aromatic N) is 5. The molecule has 4 N–H and O–H groups in total. The van der Waals surface area contributed by atoms with Gasteiger partial charge in [-0.1, -0.05) is 12.2 Å². The summed E-state index contributed by atoms with van der Waals surface area (Å²) in [7, 11) is 2.01. The van der Waals surface area contributed by atoms with E-state index < -0.39 is 0 Å². The molecular formula is C20H28N8S. The van der Waals surface area contributed by atoms with Crippen LogP contribution in [0.5, 0.6) is 0 Å². The lowest BCUT2D eigenvalue weighted by atomic mass is 10.1. The number of hydrazine groups is 1. The summed E-state index contributed by atoms with van der Waals surface area (Å²) in [4.78, 5) is 7.23. The zero-order valence-electron chi connectivity index (χ0n) is 17.1. The molecule has 2 aliphatic heterocycles. The third-order valence-corrected chi connectivity index (χ3v) is 5.73. The van der Waals surface area contributed by atoms with Gasteiger partial charge in [-0.05, 0) is 31.2 Å². The fourth-order valence-corrected chi connectivity index (χ4v) is 4.14. The Hall–Kier alpha value is -2.49. The highest BCUT2D eigenvalue weighted by molar-refractivity contribution is 8.02. The van der Waals surface area contributed by atoms with Gasteiger partial charge in [-0.3, -0.25) is 0 Å². The van der Waals surface area contributed by atoms with E-state index >= 15 is 0 Å². The van der Waals surface area contributed by atoms with Crippen molar-refractivity contribution in [2.75, 3.05) is 43.2 Å². The molecule has 154 valence electrons. The third kappa shape index (κ3) is 4.12. The molecule has 1 fully saturated rings. The molecule has 8 nitrogen and oxygen atoms in total. The molecule has 0 unspecified atom stereocenters. The van der Waals surface area contributed by atoms with Gasteiger partial charge in [0.05, 0.1) is 11.2 Å². The second kappa shape index (κ2) is 8.10. The van der Waals surface area contributed by atoms with E-state index in [9.17, 15) is 0 Å².